The summed E-state index contributed by atoms with van der Waals surface area (Å²) in [4.78, 5) is 25.5. The molecular formula is C21H20N2O3. The highest BCUT2D eigenvalue weighted by atomic mass is 16.6. The first-order valence-corrected chi connectivity index (χ1v) is 9.02. The molecule has 2 saturated heterocycles. The van der Waals surface area contributed by atoms with E-state index in [-0.39, 0.29) is 23.3 Å². The van der Waals surface area contributed by atoms with E-state index in [2.05, 4.69) is 29.6 Å². The van der Waals surface area contributed by atoms with Crippen LogP contribution in [-0.2, 0) is 9.53 Å². The summed E-state index contributed by atoms with van der Waals surface area (Å²) in [5, 5.41) is 2.85. The van der Waals surface area contributed by atoms with Crippen LogP contribution in [0.25, 0.3) is 11.1 Å². The van der Waals surface area contributed by atoms with Crippen LogP contribution in [0.5, 0.6) is 0 Å². The largest absolute Gasteiger partial charge is 0.448 e. The predicted octanol–water partition coefficient (Wildman–Crippen LogP) is 2.76. The Hall–Kier alpha value is -2.82. The van der Waals surface area contributed by atoms with Gasteiger partial charge in [-0.2, -0.15) is 0 Å². The molecule has 2 aliphatic heterocycles. The molecule has 1 N–H and O–H groups in total. The number of benzene rings is 2. The molecule has 26 heavy (non-hydrogen) atoms. The number of amides is 2. The van der Waals surface area contributed by atoms with E-state index >= 15 is 0 Å². The third-order valence-corrected chi connectivity index (χ3v) is 5.84. The molecule has 0 bridgehead atoms. The third-order valence-electron chi connectivity index (χ3n) is 5.84. The van der Waals surface area contributed by atoms with Gasteiger partial charge in [-0.3, -0.25) is 4.79 Å². The van der Waals surface area contributed by atoms with Gasteiger partial charge in [-0.25, -0.2) is 4.79 Å². The van der Waals surface area contributed by atoms with E-state index in [1.165, 1.54) is 22.3 Å². The van der Waals surface area contributed by atoms with Gasteiger partial charge in [0.15, 0.2) is 0 Å². The van der Waals surface area contributed by atoms with E-state index in [1.807, 2.05) is 24.3 Å². The van der Waals surface area contributed by atoms with Crippen molar-refractivity contribution in [3.8, 4) is 11.1 Å². The summed E-state index contributed by atoms with van der Waals surface area (Å²) in [6.07, 6.45) is 0.233. The standard InChI is InChI=1S/C21H20N2O3/c24-19-9-21(11-22-19)12-23(13-21)20(25)26-10-18-16-7-3-1-5-14(16)15-6-2-4-8-17(15)18/h1-8,18H,9-13H2,(H,22,24). The average molecular weight is 348 g/mol. The third kappa shape index (κ3) is 2.30. The lowest BCUT2D eigenvalue weighted by Gasteiger charge is -2.46. The topological polar surface area (TPSA) is 58.6 Å². The van der Waals surface area contributed by atoms with Crippen LogP contribution in [0.2, 0.25) is 0 Å². The number of carbonyl (C=O) groups excluding carboxylic acids is 2. The summed E-state index contributed by atoms with van der Waals surface area (Å²) in [5.74, 6) is 0.161. The number of likely N-dealkylation sites (tertiary alicyclic amines) is 1. The Kier molecular flexibility index (Phi) is 3.32. The molecule has 2 aromatic rings. The zero-order valence-corrected chi connectivity index (χ0v) is 14.4. The van der Waals surface area contributed by atoms with Gasteiger partial charge in [0.25, 0.3) is 0 Å². The second-order valence-corrected chi connectivity index (χ2v) is 7.61. The maximum atomic E-state index is 12.4. The van der Waals surface area contributed by atoms with Crippen LogP contribution in [0.4, 0.5) is 4.79 Å². The normalized spacial score (nSPS) is 19.7. The fourth-order valence-corrected chi connectivity index (χ4v) is 4.55. The van der Waals surface area contributed by atoms with E-state index in [4.69, 9.17) is 4.74 Å². The Morgan fingerprint density at radius 1 is 1.08 bits per heavy atom. The highest BCUT2D eigenvalue weighted by Gasteiger charge is 2.50. The minimum Gasteiger partial charge on any atom is -0.448 e. The molecule has 0 saturated carbocycles. The lowest BCUT2D eigenvalue weighted by atomic mass is 9.79. The van der Waals surface area contributed by atoms with Crippen molar-refractivity contribution in [2.45, 2.75) is 12.3 Å². The summed E-state index contributed by atoms with van der Waals surface area (Å²) >= 11 is 0. The number of hydrogen-bond acceptors (Lipinski definition) is 3. The fourth-order valence-electron chi connectivity index (χ4n) is 4.55. The van der Waals surface area contributed by atoms with Gasteiger partial charge in [-0.15, -0.1) is 0 Å². The smallest absolute Gasteiger partial charge is 0.409 e. The number of nitrogens with zero attached hydrogens (tertiary/aromatic N) is 1. The molecule has 1 spiro atoms. The number of fused-ring (bicyclic) bond motifs is 3. The lowest BCUT2D eigenvalue weighted by Crippen LogP contribution is -2.59. The predicted molar refractivity (Wildman–Crippen MR) is 96.7 cm³/mol. The second kappa shape index (κ2) is 5.59. The van der Waals surface area contributed by atoms with Crippen molar-refractivity contribution in [1.82, 2.24) is 10.2 Å². The van der Waals surface area contributed by atoms with Gasteiger partial charge in [0.1, 0.15) is 6.61 Å². The number of carbonyl (C=O) groups is 2. The van der Waals surface area contributed by atoms with Gasteiger partial charge in [0.05, 0.1) is 0 Å². The minimum absolute atomic E-state index is 0.0668. The monoisotopic (exact) mass is 348 g/mol. The van der Waals surface area contributed by atoms with Crippen LogP contribution in [0.15, 0.2) is 48.5 Å². The molecule has 5 nitrogen and oxygen atoms in total. The Bertz CT molecular complexity index is 856. The molecule has 132 valence electrons. The van der Waals surface area contributed by atoms with Crippen molar-refractivity contribution in [3.05, 3.63) is 59.7 Å². The van der Waals surface area contributed by atoms with Gasteiger partial charge < -0.3 is 15.0 Å². The minimum atomic E-state index is -0.281. The molecule has 0 atom stereocenters. The van der Waals surface area contributed by atoms with Crippen LogP contribution in [0.1, 0.15) is 23.5 Å². The first kappa shape index (κ1) is 15.4. The van der Waals surface area contributed by atoms with E-state index in [0.717, 1.165) is 0 Å². The Labute approximate surface area is 152 Å². The number of ether oxygens (including phenoxy) is 1. The summed E-state index contributed by atoms with van der Waals surface area (Å²) < 4.78 is 5.65. The molecule has 0 radical (unpaired) electrons. The van der Waals surface area contributed by atoms with Crippen molar-refractivity contribution >= 4 is 12.0 Å². The molecule has 5 rings (SSSR count). The summed E-state index contributed by atoms with van der Waals surface area (Å²) in [5.41, 5.74) is 4.81. The van der Waals surface area contributed by atoms with E-state index < -0.39 is 0 Å². The first-order chi connectivity index (χ1) is 12.7. The molecule has 5 heteroatoms. The molecule has 0 aromatic heterocycles. The van der Waals surface area contributed by atoms with E-state index in [0.29, 0.717) is 32.7 Å². The Morgan fingerprint density at radius 2 is 1.69 bits per heavy atom. The van der Waals surface area contributed by atoms with Crippen molar-refractivity contribution in [3.63, 3.8) is 0 Å². The van der Waals surface area contributed by atoms with Gasteiger partial charge in [-0.1, -0.05) is 48.5 Å². The number of nitrogens with one attached hydrogen (secondary N) is 1. The van der Waals surface area contributed by atoms with E-state index in [9.17, 15) is 9.59 Å². The quantitative estimate of drug-likeness (QED) is 0.908. The Balaban J connectivity index is 1.28. The molecule has 2 amide bonds. The summed E-state index contributed by atoms with van der Waals surface area (Å²) in [6, 6.07) is 16.6. The maximum Gasteiger partial charge on any atom is 0.409 e. The molecule has 2 aromatic carbocycles. The molecular weight excluding hydrogens is 328 g/mol. The zero-order chi connectivity index (χ0) is 17.7. The Morgan fingerprint density at radius 3 is 2.27 bits per heavy atom. The van der Waals surface area contributed by atoms with Crippen molar-refractivity contribution in [2.24, 2.45) is 5.41 Å². The SMILES string of the molecule is O=C1CC2(CN1)CN(C(=O)OCC1c3ccccc3-c3ccccc31)C2. The van der Waals surface area contributed by atoms with Crippen molar-refractivity contribution in [2.75, 3.05) is 26.2 Å². The summed E-state index contributed by atoms with van der Waals surface area (Å²) in [7, 11) is 0. The zero-order valence-electron chi connectivity index (χ0n) is 14.4. The van der Waals surface area contributed by atoms with Crippen LogP contribution >= 0.6 is 0 Å². The van der Waals surface area contributed by atoms with Crippen LogP contribution in [0.3, 0.4) is 0 Å². The molecule has 3 aliphatic rings. The fraction of sp³-hybridized carbons (Fsp3) is 0.333. The molecule has 1 aliphatic carbocycles. The number of rotatable bonds is 2. The van der Waals surface area contributed by atoms with Gasteiger partial charge in [0.2, 0.25) is 5.91 Å². The first-order valence-electron chi connectivity index (χ1n) is 9.02. The summed E-state index contributed by atoms with van der Waals surface area (Å²) in [6.45, 7) is 2.21. The number of hydrogen-bond donors (Lipinski definition) is 1. The molecule has 2 heterocycles. The van der Waals surface area contributed by atoms with Gasteiger partial charge in [0, 0.05) is 37.4 Å². The van der Waals surface area contributed by atoms with E-state index in [1.54, 1.807) is 4.90 Å². The highest BCUT2D eigenvalue weighted by molar-refractivity contribution is 5.81. The highest BCUT2D eigenvalue weighted by Crippen LogP contribution is 2.44. The van der Waals surface area contributed by atoms with Crippen LogP contribution in [0, 0.1) is 5.41 Å². The van der Waals surface area contributed by atoms with Gasteiger partial charge >= 0.3 is 6.09 Å². The lowest BCUT2D eigenvalue weighted by molar-refractivity contribution is -0.120. The van der Waals surface area contributed by atoms with Crippen molar-refractivity contribution in [1.29, 1.82) is 0 Å². The maximum absolute atomic E-state index is 12.4. The molecule has 0 unspecified atom stereocenters. The molecule has 2 fully saturated rings. The second-order valence-electron chi connectivity index (χ2n) is 7.61. The van der Waals surface area contributed by atoms with Crippen LogP contribution < -0.4 is 5.32 Å². The van der Waals surface area contributed by atoms with Gasteiger partial charge in [-0.05, 0) is 22.3 Å². The van der Waals surface area contributed by atoms with Crippen molar-refractivity contribution < 1.29 is 14.3 Å². The average Bonchev–Trinajstić information content (AvgIpc) is 3.17. The van der Waals surface area contributed by atoms with Crippen LogP contribution in [-0.4, -0.2) is 43.1 Å².